The van der Waals surface area contributed by atoms with Crippen LogP contribution >= 0.6 is 0 Å². The summed E-state index contributed by atoms with van der Waals surface area (Å²) >= 11 is 0. The van der Waals surface area contributed by atoms with Crippen LogP contribution in [0.15, 0.2) is 71.7 Å². The van der Waals surface area contributed by atoms with Gasteiger partial charge in [-0.25, -0.2) is 13.9 Å². The Bertz CT molecular complexity index is 1170. The van der Waals surface area contributed by atoms with Gasteiger partial charge in [0.2, 0.25) is 5.95 Å². The maximum atomic E-state index is 14.3. The van der Waals surface area contributed by atoms with E-state index in [0.29, 0.717) is 23.7 Å². The van der Waals surface area contributed by atoms with Crippen LogP contribution in [0.4, 0.5) is 10.3 Å². The second kappa shape index (κ2) is 6.99. The highest BCUT2D eigenvalue weighted by atomic mass is 19.1. The van der Waals surface area contributed by atoms with Crippen molar-refractivity contribution >= 4 is 16.9 Å². The molecule has 0 aliphatic heterocycles. The molecule has 0 aliphatic carbocycles. The summed E-state index contributed by atoms with van der Waals surface area (Å²) in [6, 6.07) is 17.5. The number of pyridine rings is 1. The van der Waals surface area contributed by atoms with Crippen molar-refractivity contribution in [2.75, 3.05) is 5.32 Å². The van der Waals surface area contributed by atoms with Crippen LogP contribution in [0.1, 0.15) is 11.3 Å². The third kappa shape index (κ3) is 3.17. The van der Waals surface area contributed by atoms with Crippen LogP contribution in [0.2, 0.25) is 0 Å². The number of nitrogens with one attached hydrogen (secondary N) is 1. The van der Waals surface area contributed by atoms with E-state index >= 15 is 0 Å². The topological polar surface area (TPSA) is 59.8 Å². The minimum absolute atomic E-state index is 0.0239. The first-order chi connectivity index (χ1) is 13.1. The fourth-order valence-electron chi connectivity index (χ4n) is 3.02. The minimum atomic E-state index is -0.580. The summed E-state index contributed by atoms with van der Waals surface area (Å²) in [5.74, 6) is -0.235. The molecule has 0 spiro atoms. The molecule has 4 aromatic rings. The summed E-state index contributed by atoms with van der Waals surface area (Å²) in [7, 11) is 0. The maximum absolute atomic E-state index is 14.3. The Hall–Kier alpha value is -3.54. The van der Waals surface area contributed by atoms with Gasteiger partial charge in [-0.1, -0.05) is 30.3 Å². The average Bonchev–Trinajstić information content (AvgIpc) is 2.68. The summed E-state index contributed by atoms with van der Waals surface area (Å²) in [5, 5.41) is 3.15. The number of rotatable bonds is 4. The Labute approximate surface area is 155 Å². The van der Waals surface area contributed by atoms with Crippen LogP contribution in [0.25, 0.3) is 16.6 Å². The van der Waals surface area contributed by atoms with Crippen LogP contribution in [0, 0.1) is 12.7 Å². The maximum Gasteiger partial charge on any atom is 0.270 e. The van der Waals surface area contributed by atoms with Crippen LogP contribution < -0.4 is 10.9 Å². The molecule has 2 heterocycles. The van der Waals surface area contributed by atoms with E-state index in [-0.39, 0.29) is 5.39 Å². The van der Waals surface area contributed by atoms with Crippen LogP contribution in [-0.4, -0.2) is 14.5 Å². The molecule has 0 atom stereocenters. The van der Waals surface area contributed by atoms with E-state index in [9.17, 15) is 9.18 Å². The Balaban J connectivity index is 1.92. The molecule has 27 heavy (non-hydrogen) atoms. The molecule has 4 rings (SSSR count). The molecular weight excluding hydrogens is 343 g/mol. The van der Waals surface area contributed by atoms with Crippen molar-refractivity contribution in [3.05, 3.63) is 94.3 Å². The highest BCUT2D eigenvalue weighted by molar-refractivity contribution is 5.80. The monoisotopic (exact) mass is 360 g/mol. The van der Waals surface area contributed by atoms with Gasteiger partial charge in [0.05, 0.1) is 23.4 Å². The molecule has 2 aromatic carbocycles. The molecule has 0 saturated carbocycles. The molecule has 6 heteroatoms. The number of hydrogen-bond donors (Lipinski definition) is 1. The fraction of sp³-hybridized carbons (Fsp3) is 0.0952. The molecule has 0 bridgehead atoms. The standard InChI is InChI=1S/C21H17FN4O/c1-14-7-2-3-11-18(14)26-20(27)19-16(22)9-6-10-17(19)25-21(26)24-13-15-8-4-5-12-23-15/h2-12H,13H2,1H3,(H,24,25). The number of aromatic nitrogens is 3. The van der Waals surface area contributed by atoms with E-state index in [0.717, 1.165) is 11.3 Å². The lowest BCUT2D eigenvalue weighted by Gasteiger charge is -2.16. The van der Waals surface area contributed by atoms with Gasteiger partial charge >= 0.3 is 0 Å². The zero-order valence-electron chi connectivity index (χ0n) is 14.7. The molecule has 0 radical (unpaired) electrons. The number of halogens is 1. The molecular formula is C21H17FN4O. The van der Waals surface area contributed by atoms with Crippen molar-refractivity contribution in [3.8, 4) is 5.69 Å². The minimum Gasteiger partial charge on any atom is -0.350 e. The van der Waals surface area contributed by atoms with Crippen molar-refractivity contribution in [1.82, 2.24) is 14.5 Å². The number of benzene rings is 2. The quantitative estimate of drug-likeness (QED) is 0.601. The predicted molar refractivity (Wildman–Crippen MR) is 104 cm³/mol. The van der Waals surface area contributed by atoms with E-state index < -0.39 is 11.4 Å². The molecule has 0 unspecified atom stereocenters. The summed E-state index contributed by atoms with van der Waals surface area (Å²) in [4.78, 5) is 21.9. The number of hydrogen-bond acceptors (Lipinski definition) is 4. The van der Waals surface area contributed by atoms with Crippen LogP contribution in [0.3, 0.4) is 0 Å². The molecule has 134 valence electrons. The first-order valence-corrected chi connectivity index (χ1v) is 8.56. The predicted octanol–water partition coefficient (Wildman–Crippen LogP) is 3.84. The van der Waals surface area contributed by atoms with E-state index in [1.165, 1.54) is 10.6 Å². The van der Waals surface area contributed by atoms with Crippen molar-refractivity contribution in [3.63, 3.8) is 0 Å². The molecule has 1 N–H and O–H groups in total. The van der Waals surface area contributed by atoms with Crippen molar-refractivity contribution in [1.29, 1.82) is 0 Å². The van der Waals surface area contributed by atoms with Crippen molar-refractivity contribution < 1.29 is 4.39 Å². The zero-order chi connectivity index (χ0) is 18.8. The van der Waals surface area contributed by atoms with Crippen molar-refractivity contribution in [2.24, 2.45) is 0 Å². The van der Waals surface area contributed by atoms with Gasteiger partial charge in [0.25, 0.3) is 5.56 Å². The SMILES string of the molecule is Cc1ccccc1-n1c(NCc2ccccn2)nc2cccc(F)c2c1=O. The van der Waals surface area contributed by atoms with Gasteiger partial charge in [-0.2, -0.15) is 0 Å². The summed E-state index contributed by atoms with van der Waals surface area (Å²) < 4.78 is 15.8. The highest BCUT2D eigenvalue weighted by Crippen LogP contribution is 2.20. The summed E-state index contributed by atoms with van der Waals surface area (Å²) in [6.45, 7) is 2.29. The van der Waals surface area contributed by atoms with Crippen LogP contribution in [-0.2, 0) is 6.54 Å². The largest absolute Gasteiger partial charge is 0.350 e. The third-order valence-corrected chi connectivity index (χ3v) is 4.36. The lowest BCUT2D eigenvalue weighted by molar-refractivity contribution is 0.637. The molecule has 2 aromatic heterocycles. The van der Waals surface area contributed by atoms with E-state index in [4.69, 9.17) is 0 Å². The fourth-order valence-corrected chi connectivity index (χ4v) is 3.02. The van der Waals surface area contributed by atoms with Crippen LogP contribution in [0.5, 0.6) is 0 Å². The van der Waals surface area contributed by atoms with Crippen molar-refractivity contribution in [2.45, 2.75) is 13.5 Å². The average molecular weight is 360 g/mol. The molecule has 0 amide bonds. The first kappa shape index (κ1) is 16.9. The normalized spacial score (nSPS) is 10.9. The third-order valence-electron chi connectivity index (χ3n) is 4.36. The molecule has 0 saturated heterocycles. The lowest BCUT2D eigenvalue weighted by Crippen LogP contribution is -2.25. The molecule has 0 aliphatic rings. The van der Waals surface area contributed by atoms with Gasteiger partial charge in [-0.15, -0.1) is 0 Å². The zero-order valence-corrected chi connectivity index (χ0v) is 14.7. The number of nitrogens with zero attached hydrogens (tertiary/aromatic N) is 3. The summed E-state index contributed by atoms with van der Waals surface area (Å²) in [5.41, 5.74) is 2.22. The smallest absolute Gasteiger partial charge is 0.270 e. The van der Waals surface area contributed by atoms with Gasteiger partial charge in [0.1, 0.15) is 11.2 Å². The number of aryl methyl sites for hydroxylation is 1. The Morgan fingerprint density at radius 2 is 1.85 bits per heavy atom. The molecule has 5 nitrogen and oxygen atoms in total. The van der Waals surface area contributed by atoms with Gasteiger partial charge in [-0.05, 0) is 42.8 Å². The van der Waals surface area contributed by atoms with E-state index in [2.05, 4.69) is 15.3 Å². The van der Waals surface area contributed by atoms with E-state index in [1.807, 2.05) is 49.4 Å². The molecule has 0 fully saturated rings. The number of anilines is 1. The second-order valence-electron chi connectivity index (χ2n) is 6.17. The number of fused-ring (bicyclic) bond motifs is 1. The Morgan fingerprint density at radius 3 is 2.63 bits per heavy atom. The van der Waals surface area contributed by atoms with Gasteiger partial charge < -0.3 is 5.32 Å². The van der Waals surface area contributed by atoms with Gasteiger partial charge in [0.15, 0.2) is 0 Å². The highest BCUT2D eigenvalue weighted by Gasteiger charge is 2.16. The number of para-hydroxylation sites is 1. The van der Waals surface area contributed by atoms with Gasteiger partial charge in [0, 0.05) is 6.20 Å². The van der Waals surface area contributed by atoms with E-state index in [1.54, 1.807) is 18.3 Å². The Kier molecular flexibility index (Phi) is 4.38. The summed E-state index contributed by atoms with van der Waals surface area (Å²) in [6.07, 6.45) is 1.70. The Morgan fingerprint density at radius 1 is 1.04 bits per heavy atom. The lowest BCUT2D eigenvalue weighted by atomic mass is 10.2. The first-order valence-electron chi connectivity index (χ1n) is 8.56. The second-order valence-corrected chi connectivity index (χ2v) is 6.17. The van der Waals surface area contributed by atoms with Gasteiger partial charge in [-0.3, -0.25) is 9.78 Å².